The average molecular weight is 364 g/mol. The largest absolute Gasteiger partial charge is 0.507 e. The zero-order valence-corrected chi connectivity index (χ0v) is 16.7. The first-order valence-electron chi connectivity index (χ1n) is 9.90. The summed E-state index contributed by atoms with van der Waals surface area (Å²) in [6.45, 7) is 11.4. The molecule has 142 valence electrons. The molecule has 0 bridgehead atoms. The van der Waals surface area contributed by atoms with Gasteiger partial charge in [-0.3, -0.25) is 4.90 Å². The van der Waals surface area contributed by atoms with E-state index in [1.807, 2.05) is 6.07 Å². The highest BCUT2D eigenvalue weighted by Crippen LogP contribution is 2.48. The monoisotopic (exact) mass is 363 g/mol. The van der Waals surface area contributed by atoms with Crippen LogP contribution in [0.2, 0.25) is 0 Å². The van der Waals surface area contributed by atoms with Gasteiger partial charge >= 0.3 is 0 Å². The van der Waals surface area contributed by atoms with Crippen molar-refractivity contribution < 1.29 is 9.84 Å². The Morgan fingerprint density at radius 2 is 1.89 bits per heavy atom. The van der Waals surface area contributed by atoms with Crippen LogP contribution in [0.1, 0.15) is 56.7 Å². The second kappa shape index (κ2) is 6.72. The SMILES string of the molecule is CC(C)c1cc(O)c2c(c1)OC(C)(C)C1=C2CN(Cc2ccccc2)CC1. The van der Waals surface area contributed by atoms with E-state index in [-0.39, 0.29) is 5.60 Å². The van der Waals surface area contributed by atoms with E-state index < -0.39 is 0 Å². The first kappa shape index (κ1) is 18.1. The van der Waals surface area contributed by atoms with Crippen molar-refractivity contribution in [3.05, 3.63) is 64.7 Å². The van der Waals surface area contributed by atoms with Crippen molar-refractivity contribution in [3.8, 4) is 11.5 Å². The van der Waals surface area contributed by atoms with Gasteiger partial charge in [-0.05, 0) is 60.6 Å². The number of rotatable bonds is 3. The molecule has 4 rings (SSSR count). The Labute approximate surface area is 162 Å². The fourth-order valence-electron chi connectivity index (χ4n) is 4.36. The third kappa shape index (κ3) is 3.37. The van der Waals surface area contributed by atoms with Crippen LogP contribution in [0, 0.1) is 0 Å². The van der Waals surface area contributed by atoms with Gasteiger partial charge < -0.3 is 9.84 Å². The minimum Gasteiger partial charge on any atom is -0.507 e. The van der Waals surface area contributed by atoms with E-state index in [9.17, 15) is 5.11 Å². The molecule has 2 aromatic rings. The van der Waals surface area contributed by atoms with Crippen molar-refractivity contribution in [2.45, 2.75) is 52.2 Å². The van der Waals surface area contributed by atoms with Crippen molar-refractivity contribution >= 4 is 5.57 Å². The fraction of sp³-hybridized carbons (Fsp3) is 0.417. The summed E-state index contributed by atoms with van der Waals surface area (Å²) in [5.74, 6) is 1.52. The van der Waals surface area contributed by atoms with E-state index >= 15 is 0 Å². The summed E-state index contributed by atoms with van der Waals surface area (Å²) in [6, 6.07) is 14.6. The summed E-state index contributed by atoms with van der Waals surface area (Å²) >= 11 is 0. The minimum atomic E-state index is -0.330. The molecule has 0 saturated heterocycles. The molecular weight excluding hydrogens is 334 g/mol. The van der Waals surface area contributed by atoms with Crippen LogP contribution in [0.15, 0.2) is 48.0 Å². The predicted molar refractivity (Wildman–Crippen MR) is 110 cm³/mol. The summed E-state index contributed by atoms with van der Waals surface area (Å²) in [6.07, 6.45) is 0.972. The molecule has 2 aromatic carbocycles. The number of benzene rings is 2. The number of ether oxygens (including phenoxy) is 1. The third-order valence-corrected chi connectivity index (χ3v) is 5.84. The van der Waals surface area contributed by atoms with Crippen molar-refractivity contribution in [2.24, 2.45) is 0 Å². The molecule has 0 fully saturated rings. The van der Waals surface area contributed by atoms with E-state index in [1.165, 1.54) is 16.7 Å². The molecule has 0 atom stereocenters. The Balaban J connectivity index is 1.72. The molecule has 0 saturated carbocycles. The predicted octanol–water partition coefficient (Wildman–Crippen LogP) is 5.35. The van der Waals surface area contributed by atoms with Gasteiger partial charge in [0.2, 0.25) is 0 Å². The number of hydrogen-bond donors (Lipinski definition) is 1. The smallest absolute Gasteiger partial charge is 0.132 e. The van der Waals surface area contributed by atoms with Gasteiger partial charge in [0.25, 0.3) is 0 Å². The summed E-state index contributed by atoms with van der Waals surface area (Å²) in [5, 5.41) is 10.8. The molecular formula is C24H29NO2. The molecule has 1 N–H and O–H groups in total. The van der Waals surface area contributed by atoms with Gasteiger partial charge in [-0.1, -0.05) is 44.2 Å². The van der Waals surface area contributed by atoms with Gasteiger partial charge in [0.05, 0.1) is 5.56 Å². The van der Waals surface area contributed by atoms with Crippen LogP contribution < -0.4 is 4.74 Å². The number of fused-ring (bicyclic) bond motifs is 2. The van der Waals surface area contributed by atoms with Gasteiger partial charge in [-0.2, -0.15) is 0 Å². The minimum absolute atomic E-state index is 0.330. The molecule has 0 aromatic heterocycles. The normalized spacial score (nSPS) is 18.9. The molecule has 0 radical (unpaired) electrons. The fourth-order valence-corrected chi connectivity index (χ4v) is 4.36. The maximum absolute atomic E-state index is 10.8. The third-order valence-electron chi connectivity index (χ3n) is 5.84. The Morgan fingerprint density at radius 3 is 2.59 bits per heavy atom. The van der Waals surface area contributed by atoms with Gasteiger partial charge in [0.1, 0.15) is 17.1 Å². The van der Waals surface area contributed by atoms with Gasteiger partial charge in [-0.25, -0.2) is 0 Å². The van der Waals surface area contributed by atoms with E-state index in [2.05, 4.69) is 69.0 Å². The molecule has 3 nitrogen and oxygen atoms in total. The molecule has 27 heavy (non-hydrogen) atoms. The first-order chi connectivity index (χ1) is 12.8. The number of aromatic hydroxyl groups is 1. The summed E-state index contributed by atoms with van der Waals surface area (Å²) in [7, 11) is 0. The molecule has 0 aliphatic carbocycles. The van der Waals surface area contributed by atoms with Crippen LogP contribution in [0.3, 0.4) is 0 Å². The molecule has 0 spiro atoms. The average Bonchev–Trinajstić information content (AvgIpc) is 2.61. The molecule has 2 aliphatic rings. The highest BCUT2D eigenvalue weighted by molar-refractivity contribution is 5.82. The van der Waals surface area contributed by atoms with E-state index in [4.69, 9.17) is 4.74 Å². The summed E-state index contributed by atoms with van der Waals surface area (Å²) < 4.78 is 6.38. The number of hydrogen-bond acceptors (Lipinski definition) is 3. The maximum atomic E-state index is 10.8. The second-order valence-electron chi connectivity index (χ2n) is 8.58. The molecule has 2 aliphatic heterocycles. The van der Waals surface area contributed by atoms with Crippen molar-refractivity contribution in [1.82, 2.24) is 4.90 Å². The Bertz CT molecular complexity index is 881. The van der Waals surface area contributed by atoms with E-state index in [1.54, 1.807) is 0 Å². The second-order valence-corrected chi connectivity index (χ2v) is 8.58. The van der Waals surface area contributed by atoms with Crippen LogP contribution in [0.25, 0.3) is 5.57 Å². The molecule has 0 unspecified atom stereocenters. The summed E-state index contributed by atoms with van der Waals surface area (Å²) in [5.41, 5.74) is 5.58. The van der Waals surface area contributed by atoms with Crippen LogP contribution in [0.5, 0.6) is 11.5 Å². The van der Waals surface area contributed by atoms with Gasteiger partial charge in [0, 0.05) is 19.6 Å². The molecule has 3 heteroatoms. The van der Waals surface area contributed by atoms with Crippen LogP contribution >= 0.6 is 0 Å². The quantitative estimate of drug-likeness (QED) is 0.798. The lowest BCUT2D eigenvalue weighted by Gasteiger charge is -2.42. The lowest BCUT2D eigenvalue weighted by Crippen LogP contribution is -2.42. The highest BCUT2D eigenvalue weighted by atomic mass is 16.5. The Morgan fingerprint density at radius 1 is 1.15 bits per heavy atom. The van der Waals surface area contributed by atoms with Crippen LogP contribution in [-0.4, -0.2) is 28.7 Å². The van der Waals surface area contributed by atoms with Gasteiger partial charge in [-0.15, -0.1) is 0 Å². The van der Waals surface area contributed by atoms with Gasteiger partial charge in [0.15, 0.2) is 0 Å². The number of phenols is 1. The van der Waals surface area contributed by atoms with E-state index in [0.717, 1.165) is 42.9 Å². The highest BCUT2D eigenvalue weighted by Gasteiger charge is 2.39. The number of nitrogens with zero attached hydrogens (tertiary/aromatic N) is 1. The molecule has 2 heterocycles. The van der Waals surface area contributed by atoms with E-state index in [0.29, 0.717) is 11.7 Å². The Hall–Kier alpha value is -2.26. The summed E-state index contributed by atoms with van der Waals surface area (Å²) in [4.78, 5) is 2.47. The Kier molecular flexibility index (Phi) is 4.51. The van der Waals surface area contributed by atoms with Crippen molar-refractivity contribution in [3.63, 3.8) is 0 Å². The lowest BCUT2D eigenvalue weighted by molar-refractivity contribution is 0.129. The topological polar surface area (TPSA) is 32.7 Å². The van der Waals surface area contributed by atoms with Crippen LogP contribution in [0.4, 0.5) is 0 Å². The zero-order valence-electron chi connectivity index (χ0n) is 16.7. The maximum Gasteiger partial charge on any atom is 0.132 e. The van der Waals surface area contributed by atoms with Crippen LogP contribution in [-0.2, 0) is 6.54 Å². The van der Waals surface area contributed by atoms with Crippen molar-refractivity contribution in [2.75, 3.05) is 13.1 Å². The first-order valence-corrected chi connectivity index (χ1v) is 9.90. The standard InChI is InChI=1S/C24H29NO2/c1-16(2)18-12-21(26)23-19-15-25(14-17-8-6-5-7-9-17)11-10-20(19)24(3,4)27-22(23)13-18/h5-9,12-13,16,26H,10-11,14-15H2,1-4H3. The van der Waals surface area contributed by atoms with Crippen molar-refractivity contribution in [1.29, 1.82) is 0 Å². The lowest BCUT2D eigenvalue weighted by atomic mass is 9.81. The zero-order chi connectivity index (χ0) is 19.2. The molecule has 0 amide bonds. The number of phenolic OH excluding ortho intramolecular Hbond substituents is 1.